The molecule has 26 heavy (non-hydrogen) atoms. The second-order valence-corrected chi connectivity index (χ2v) is 8.19. The molecule has 0 saturated heterocycles. The molecule has 1 aromatic carbocycles. The SMILES string of the molecule is CCCCCCCCCCCC[N+](C)(C)Cc1cc(C=O)ccc1OC. The standard InChI is InChI=1S/C23H40NO2/c1-5-6-7-8-9-10-11-12-13-14-17-24(2,3)19-22-18-21(20-25)15-16-23(22)26-4/h15-16,18,20H,5-14,17,19H2,1-4H3/q+1. The second-order valence-electron chi connectivity index (χ2n) is 8.19. The van der Waals surface area contributed by atoms with E-state index in [9.17, 15) is 4.79 Å². The summed E-state index contributed by atoms with van der Waals surface area (Å²) >= 11 is 0. The van der Waals surface area contributed by atoms with Gasteiger partial charge in [0.05, 0.1) is 27.7 Å². The summed E-state index contributed by atoms with van der Waals surface area (Å²) in [6.07, 6.45) is 14.6. The monoisotopic (exact) mass is 362 g/mol. The summed E-state index contributed by atoms with van der Waals surface area (Å²) in [5, 5.41) is 0. The lowest BCUT2D eigenvalue weighted by Crippen LogP contribution is -2.39. The third-order valence-electron chi connectivity index (χ3n) is 5.16. The molecule has 0 aliphatic heterocycles. The maximum atomic E-state index is 11.0. The van der Waals surface area contributed by atoms with Crippen LogP contribution in [-0.2, 0) is 6.54 Å². The summed E-state index contributed by atoms with van der Waals surface area (Å²) in [4.78, 5) is 11.0. The summed E-state index contributed by atoms with van der Waals surface area (Å²) < 4.78 is 6.40. The molecule has 0 heterocycles. The van der Waals surface area contributed by atoms with Crippen molar-refractivity contribution >= 4 is 6.29 Å². The Morgan fingerprint density at radius 1 is 0.923 bits per heavy atom. The largest absolute Gasteiger partial charge is 0.496 e. The number of carbonyl (C=O) groups excluding carboxylic acids is 1. The molecule has 0 fully saturated rings. The van der Waals surface area contributed by atoms with Gasteiger partial charge in [-0.2, -0.15) is 0 Å². The van der Waals surface area contributed by atoms with Gasteiger partial charge in [0.2, 0.25) is 0 Å². The zero-order valence-corrected chi connectivity index (χ0v) is 17.6. The predicted molar refractivity (Wildman–Crippen MR) is 111 cm³/mol. The van der Waals surface area contributed by atoms with Gasteiger partial charge in [-0.25, -0.2) is 0 Å². The summed E-state index contributed by atoms with van der Waals surface area (Å²) in [6.45, 7) is 4.32. The summed E-state index contributed by atoms with van der Waals surface area (Å²) in [7, 11) is 6.23. The van der Waals surface area contributed by atoms with Crippen molar-refractivity contribution in [3.63, 3.8) is 0 Å². The molecule has 0 spiro atoms. The highest BCUT2D eigenvalue weighted by atomic mass is 16.5. The first-order chi connectivity index (χ1) is 12.5. The van der Waals surface area contributed by atoms with Gasteiger partial charge in [0.25, 0.3) is 0 Å². The van der Waals surface area contributed by atoms with Crippen molar-refractivity contribution < 1.29 is 14.0 Å². The van der Waals surface area contributed by atoms with E-state index in [-0.39, 0.29) is 0 Å². The Morgan fingerprint density at radius 3 is 2.04 bits per heavy atom. The number of carbonyl (C=O) groups is 1. The molecule has 0 atom stereocenters. The summed E-state index contributed by atoms with van der Waals surface area (Å²) in [5.41, 5.74) is 1.84. The minimum Gasteiger partial charge on any atom is -0.496 e. The number of aldehydes is 1. The van der Waals surface area contributed by atoms with Crippen LogP contribution in [0.15, 0.2) is 18.2 Å². The normalized spacial score (nSPS) is 11.5. The van der Waals surface area contributed by atoms with E-state index in [0.717, 1.165) is 40.7 Å². The van der Waals surface area contributed by atoms with Gasteiger partial charge in [-0.3, -0.25) is 4.79 Å². The first kappa shape index (κ1) is 22.7. The first-order valence-electron chi connectivity index (χ1n) is 10.5. The number of methoxy groups -OCH3 is 1. The van der Waals surface area contributed by atoms with Crippen molar-refractivity contribution in [2.24, 2.45) is 0 Å². The molecule has 0 aliphatic carbocycles. The molecule has 3 nitrogen and oxygen atoms in total. The fourth-order valence-corrected chi connectivity index (χ4v) is 3.56. The van der Waals surface area contributed by atoms with Crippen LogP contribution >= 0.6 is 0 Å². The number of ether oxygens (including phenoxy) is 1. The first-order valence-corrected chi connectivity index (χ1v) is 10.5. The van der Waals surface area contributed by atoms with Gasteiger partial charge in [0.1, 0.15) is 18.6 Å². The maximum Gasteiger partial charge on any atom is 0.150 e. The fourth-order valence-electron chi connectivity index (χ4n) is 3.56. The second kappa shape index (κ2) is 12.9. The lowest BCUT2D eigenvalue weighted by atomic mass is 10.1. The fraction of sp³-hybridized carbons (Fsp3) is 0.696. The number of rotatable bonds is 15. The molecule has 0 radical (unpaired) electrons. The molecule has 0 aromatic heterocycles. The van der Waals surface area contributed by atoms with Crippen LogP contribution in [0.3, 0.4) is 0 Å². The molecule has 0 N–H and O–H groups in total. The van der Waals surface area contributed by atoms with Crippen LogP contribution < -0.4 is 4.74 Å². The van der Waals surface area contributed by atoms with Crippen LogP contribution in [0.4, 0.5) is 0 Å². The topological polar surface area (TPSA) is 26.3 Å². The highest BCUT2D eigenvalue weighted by Crippen LogP contribution is 2.23. The molecule has 0 unspecified atom stereocenters. The molecule has 0 saturated carbocycles. The maximum absolute atomic E-state index is 11.0. The van der Waals surface area contributed by atoms with Crippen LogP contribution in [-0.4, -0.2) is 38.5 Å². The zero-order valence-electron chi connectivity index (χ0n) is 17.6. The average molecular weight is 363 g/mol. The lowest BCUT2D eigenvalue weighted by molar-refractivity contribution is -0.903. The average Bonchev–Trinajstić information content (AvgIpc) is 2.62. The van der Waals surface area contributed by atoms with Gasteiger partial charge in [0, 0.05) is 11.1 Å². The quantitative estimate of drug-likeness (QED) is 0.217. The van der Waals surface area contributed by atoms with Crippen molar-refractivity contribution in [2.75, 3.05) is 27.7 Å². The minimum absolute atomic E-state index is 0.722. The molecular weight excluding hydrogens is 322 g/mol. The van der Waals surface area contributed by atoms with E-state index in [1.165, 1.54) is 64.2 Å². The van der Waals surface area contributed by atoms with Gasteiger partial charge in [-0.05, 0) is 31.0 Å². The van der Waals surface area contributed by atoms with Gasteiger partial charge >= 0.3 is 0 Å². The van der Waals surface area contributed by atoms with E-state index in [2.05, 4.69) is 21.0 Å². The van der Waals surface area contributed by atoms with Gasteiger partial charge < -0.3 is 9.22 Å². The van der Waals surface area contributed by atoms with Crippen LogP contribution in [0.5, 0.6) is 5.75 Å². The Hall–Kier alpha value is -1.35. The molecule has 3 heteroatoms. The van der Waals surface area contributed by atoms with Crippen LogP contribution in [0.1, 0.15) is 87.1 Å². The Labute approximate surface area is 161 Å². The third kappa shape index (κ3) is 9.38. The number of hydrogen-bond acceptors (Lipinski definition) is 2. The number of unbranched alkanes of at least 4 members (excludes halogenated alkanes) is 9. The van der Waals surface area contributed by atoms with E-state index in [1.807, 2.05) is 18.2 Å². The van der Waals surface area contributed by atoms with Crippen LogP contribution in [0.2, 0.25) is 0 Å². The van der Waals surface area contributed by atoms with E-state index >= 15 is 0 Å². The number of nitrogens with zero attached hydrogens (tertiary/aromatic N) is 1. The molecule has 1 aromatic rings. The predicted octanol–water partition coefficient (Wildman–Crippen LogP) is 6.01. The third-order valence-corrected chi connectivity index (χ3v) is 5.16. The summed E-state index contributed by atoms with van der Waals surface area (Å²) in [6, 6.07) is 5.68. The molecule has 0 aliphatic rings. The van der Waals surface area contributed by atoms with Gasteiger partial charge in [0.15, 0.2) is 0 Å². The minimum atomic E-state index is 0.722. The van der Waals surface area contributed by atoms with E-state index in [1.54, 1.807) is 7.11 Å². The highest BCUT2D eigenvalue weighted by molar-refractivity contribution is 5.75. The number of hydrogen-bond donors (Lipinski definition) is 0. The van der Waals surface area contributed by atoms with Crippen LogP contribution in [0.25, 0.3) is 0 Å². The van der Waals surface area contributed by atoms with Gasteiger partial charge in [-0.15, -0.1) is 0 Å². The number of benzene rings is 1. The van der Waals surface area contributed by atoms with E-state index < -0.39 is 0 Å². The zero-order chi connectivity index (χ0) is 19.3. The molecule has 1 rings (SSSR count). The van der Waals surface area contributed by atoms with Crippen LogP contribution in [0, 0.1) is 0 Å². The van der Waals surface area contributed by atoms with Crippen molar-refractivity contribution in [1.29, 1.82) is 0 Å². The molecule has 0 bridgehead atoms. The van der Waals surface area contributed by atoms with E-state index in [0.29, 0.717) is 0 Å². The van der Waals surface area contributed by atoms with E-state index in [4.69, 9.17) is 4.74 Å². The van der Waals surface area contributed by atoms with Crippen molar-refractivity contribution in [2.45, 2.75) is 77.7 Å². The Kier molecular flexibility index (Phi) is 11.3. The smallest absolute Gasteiger partial charge is 0.150 e. The Bertz CT molecular complexity index is 511. The lowest BCUT2D eigenvalue weighted by Gasteiger charge is -2.30. The molecular formula is C23H40NO2+. The number of quaternary nitrogens is 1. The van der Waals surface area contributed by atoms with Crippen molar-refractivity contribution in [3.05, 3.63) is 29.3 Å². The van der Waals surface area contributed by atoms with Gasteiger partial charge in [-0.1, -0.05) is 58.3 Å². The highest BCUT2D eigenvalue weighted by Gasteiger charge is 2.18. The van der Waals surface area contributed by atoms with Crippen molar-refractivity contribution in [1.82, 2.24) is 0 Å². The molecule has 148 valence electrons. The summed E-state index contributed by atoms with van der Waals surface area (Å²) in [5.74, 6) is 0.880. The van der Waals surface area contributed by atoms with Crippen molar-refractivity contribution in [3.8, 4) is 5.75 Å². The molecule has 0 amide bonds. The Balaban J connectivity index is 2.27. The Morgan fingerprint density at radius 2 is 1.50 bits per heavy atom.